The average molecular weight is 384 g/mol. The Morgan fingerprint density at radius 2 is 1.79 bits per heavy atom. The third-order valence-electron chi connectivity index (χ3n) is 2.48. The maximum absolute atomic E-state index is 9.30. The number of aliphatic hydroxyl groups excluding tert-OH is 1. The fourth-order valence-corrected chi connectivity index (χ4v) is 2.49. The molecule has 0 heterocycles. The van der Waals surface area contributed by atoms with Gasteiger partial charge in [-0.25, -0.2) is 4.99 Å². The highest BCUT2D eigenvalue weighted by Crippen LogP contribution is 2.24. The maximum Gasteiger partial charge on any atom is 0.176 e. The Kier molecular flexibility index (Phi) is 5.68. The molecule has 2 aromatic rings. The number of amidine groups is 1. The molecule has 5 heteroatoms. The van der Waals surface area contributed by atoms with Gasteiger partial charge in [0.1, 0.15) is 0 Å². The summed E-state index contributed by atoms with van der Waals surface area (Å²) in [6.07, 6.45) is 0. The number of para-hydroxylation sites is 2. The highest BCUT2D eigenvalue weighted by Gasteiger charge is 2.03. The molecule has 0 saturated heterocycles. The second kappa shape index (κ2) is 7.52. The highest BCUT2D eigenvalue weighted by atomic mass is 127. The largest absolute Gasteiger partial charge is 0.392 e. The molecule has 0 fully saturated rings. The molecule has 0 atom stereocenters. The first kappa shape index (κ1) is 14.4. The van der Waals surface area contributed by atoms with Gasteiger partial charge in [0.2, 0.25) is 0 Å². The predicted octanol–water partition coefficient (Wildman–Crippen LogP) is 4.36. The van der Waals surface area contributed by atoms with Crippen LogP contribution < -0.4 is 5.32 Å². The van der Waals surface area contributed by atoms with Crippen molar-refractivity contribution in [2.75, 3.05) is 5.32 Å². The van der Waals surface area contributed by atoms with Crippen LogP contribution in [0.1, 0.15) is 5.56 Å². The van der Waals surface area contributed by atoms with Gasteiger partial charge in [-0.2, -0.15) is 0 Å². The molecule has 2 rings (SSSR count). The number of aliphatic imine (C=N–C) groups is 1. The van der Waals surface area contributed by atoms with Gasteiger partial charge in [0.15, 0.2) is 5.17 Å². The summed E-state index contributed by atoms with van der Waals surface area (Å²) < 4.78 is 0. The Hall–Kier alpha value is -1.05. The van der Waals surface area contributed by atoms with Crippen LogP contribution in [-0.2, 0) is 6.61 Å². The van der Waals surface area contributed by atoms with Gasteiger partial charge in [0, 0.05) is 32.5 Å². The van der Waals surface area contributed by atoms with Crippen molar-refractivity contribution in [3.63, 3.8) is 0 Å². The molecule has 0 amide bonds. The third-order valence-corrected chi connectivity index (χ3v) is 4.07. The Labute approximate surface area is 128 Å². The van der Waals surface area contributed by atoms with E-state index >= 15 is 0 Å². The number of anilines is 1. The summed E-state index contributed by atoms with van der Waals surface area (Å²) >= 11 is 2.19. The molecule has 2 aromatic carbocycles. The molecular formula is C14H13IN2OS. The molecule has 0 aliphatic rings. The van der Waals surface area contributed by atoms with Crippen LogP contribution in [0, 0.1) is 0 Å². The van der Waals surface area contributed by atoms with E-state index in [4.69, 9.17) is 0 Å². The second-order valence-corrected chi connectivity index (χ2v) is 5.63. The van der Waals surface area contributed by atoms with Crippen LogP contribution >= 0.6 is 30.1 Å². The number of hydrogen-bond donors (Lipinski definition) is 2. The van der Waals surface area contributed by atoms with Gasteiger partial charge in [0.25, 0.3) is 0 Å². The van der Waals surface area contributed by atoms with Gasteiger partial charge < -0.3 is 10.4 Å². The first-order valence-electron chi connectivity index (χ1n) is 5.71. The van der Waals surface area contributed by atoms with Gasteiger partial charge in [-0.1, -0.05) is 36.4 Å². The molecule has 0 spiro atoms. The minimum atomic E-state index is -0.00972. The van der Waals surface area contributed by atoms with Crippen LogP contribution in [-0.4, -0.2) is 10.3 Å². The lowest BCUT2D eigenvalue weighted by atomic mass is 10.2. The Morgan fingerprint density at radius 1 is 1.11 bits per heavy atom. The number of nitrogens with one attached hydrogen (secondary N) is 1. The normalized spacial score (nSPS) is 11.4. The summed E-state index contributed by atoms with van der Waals surface area (Å²) in [7, 11) is 1.51. The summed E-state index contributed by atoms with van der Waals surface area (Å²) in [6.45, 7) is -0.00972. The van der Waals surface area contributed by atoms with Crippen LogP contribution in [0.4, 0.5) is 11.4 Å². The van der Waals surface area contributed by atoms with Gasteiger partial charge in [0.05, 0.1) is 12.3 Å². The van der Waals surface area contributed by atoms with Crippen molar-refractivity contribution in [1.82, 2.24) is 0 Å². The van der Waals surface area contributed by atoms with E-state index in [-0.39, 0.29) is 6.61 Å². The van der Waals surface area contributed by atoms with Crippen molar-refractivity contribution >= 4 is 46.7 Å². The van der Waals surface area contributed by atoms with E-state index in [9.17, 15) is 5.11 Å². The van der Waals surface area contributed by atoms with Crippen molar-refractivity contribution in [3.8, 4) is 0 Å². The zero-order valence-corrected chi connectivity index (χ0v) is 13.1. The lowest BCUT2D eigenvalue weighted by molar-refractivity contribution is 0.282. The van der Waals surface area contributed by atoms with Gasteiger partial charge in [-0.15, -0.1) is 0 Å². The number of nitrogens with zero attached hydrogens (tertiary/aromatic N) is 1. The average Bonchev–Trinajstić information content (AvgIpc) is 2.48. The summed E-state index contributed by atoms with van der Waals surface area (Å²) in [6, 6.07) is 17.5. The lowest BCUT2D eigenvalue weighted by Crippen LogP contribution is -2.05. The van der Waals surface area contributed by atoms with Crippen LogP contribution in [0.2, 0.25) is 0 Å². The molecule has 98 valence electrons. The van der Waals surface area contributed by atoms with E-state index in [0.717, 1.165) is 22.1 Å². The Morgan fingerprint density at radius 3 is 2.47 bits per heavy atom. The molecule has 3 nitrogen and oxygen atoms in total. The summed E-state index contributed by atoms with van der Waals surface area (Å²) in [5.41, 5.74) is 2.60. The van der Waals surface area contributed by atoms with E-state index in [1.165, 1.54) is 8.93 Å². The molecule has 0 saturated carbocycles. The first-order chi connectivity index (χ1) is 9.33. The predicted molar refractivity (Wildman–Crippen MR) is 91.1 cm³/mol. The molecule has 0 radical (unpaired) electrons. The highest BCUT2D eigenvalue weighted by molar-refractivity contribution is 14.2. The van der Waals surface area contributed by atoms with Crippen LogP contribution in [0.25, 0.3) is 0 Å². The molecule has 0 aliphatic carbocycles. The molecular weight excluding hydrogens is 371 g/mol. The quantitative estimate of drug-likeness (QED) is 0.470. The van der Waals surface area contributed by atoms with Crippen LogP contribution in [0.15, 0.2) is 59.6 Å². The Balaban J connectivity index is 2.23. The molecule has 19 heavy (non-hydrogen) atoms. The number of aliphatic hydroxyl groups is 1. The molecule has 0 unspecified atom stereocenters. The van der Waals surface area contributed by atoms with E-state index in [1.54, 1.807) is 0 Å². The summed E-state index contributed by atoms with van der Waals surface area (Å²) in [5, 5.41) is 13.3. The first-order valence-corrected chi connectivity index (χ1v) is 9.07. The zero-order chi connectivity index (χ0) is 13.5. The van der Waals surface area contributed by atoms with E-state index in [1.807, 2.05) is 54.6 Å². The van der Waals surface area contributed by atoms with E-state index < -0.39 is 0 Å². The van der Waals surface area contributed by atoms with Gasteiger partial charge in [-0.05, 0) is 27.1 Å². The smallest absolute Gasteiger partial charge is 0.176 e. The molecule has 0 bridgehead atoms. The SMILES string of the molecule is OCc1ccccc1N=C(Nc1ccccc1)SI. The van der Waals surface area contributed by atoms with E-state index in [2.05, 4.69) is 31.5 Å². The third kappa shape index (κ3) is 4.22. The number of benzene rings is 2. The standard InChI is InChI=1S/C14H13IN2OS/c15-19-14(16-12-7-2-1-3-8-12)17-13-9-5-4-6-11(13)10-18/h1-9,18H,10H2,(H,16,17). The lowest BCUT2D eigenvalue weighted by Gasteiger charge is -2.08. The van der Waals surface area contributed by atoms with Crippen molar-refractivity contribution < 1.29 is 5.11 Å². The van der Waals surface area contributed by atoms with Crippen LogP contribution in [0.3, 0.4) is 0 Å². The monoisotopic (exact) mass is 384 g/mol. The van der Waals surface area contributed by atoms with E-state index in [0.29, 0.717) is 0 Å². The fourth-order valence-electron chi connectivity index (χ4n) is 1.57. The maximum atomic E-state index is 9.30. The molecule has 0 aliphatic heterocycles. The van der Waals surface area contributed by atoms with Gasteiger partial charge in [-0.3, -0.25) is 0 Å². The topological polar surface area (TPSA) is 44.6 Å². The second-order valence-electron chi connectivity index (χ2n) is 3.77. The Bertz CT molecular complexity index is 560. The molecule has 0 aromatic heterocycles. The fraction of sp³-hybridized carbons (Fsp3) is 0.0714. The van der Waals surface area contributed by atoms with Crippen molar-refractivity contribution in [1.29, 1.82) is 0 Å². The molecule has 2 N–H and O–H groups in total. The van der Waals surface area contributed by atoms with Crippen molar-refractivity contribution in [3.05, 3.63) is 60.2 Å². The summed E-state index contributed by atoms with van der Waals surface area (Å²) in [5.74, 6) is 0. The minimum absolute atomic E-state index is 0.00972. The number of rotatable bonds is 3. The number of halogens is 1. The number of hydrogen-bond acceptors (Lipinski definition) is 3. The van der Waals surface area contributed by atoms with Crippen molar-refractivity contribution in [2.45, 2.75) is 6.61 Å². The van der Waals surface area contributed by atoms with Gasteiger partial charge >= 0.3 is 0 Å². The van der Waals surface area contributed by atoms with Crippen LogP contribution in [0.5, 0.6) is 0 Å². The van der Waals surface area contributed by atoms with Crippen molar-refractivity contribution in [2.24, 2.45) is 4.99 Å². The zero-order valence-electron chi connectivity index (χ0n) is 10.1. The summed E-state index contributed by atoms with van der Waals surface area (Å²) in [4.78, 5) is 4.54. The minimum Gasteiger partial charge on any atom is -0.392 e.